The van der Waals surface area contributed by atoms with Crippen LogP contribution >= 0.6 is 15.9 Å². The second-order valence-corrected chi connectivity index (χ2v) is 7.75. The molecule has 0 radical (unpaired) electrons. The molecule has 4 nitrogen and oxygen atoms in total. The normalized spacial score (nSPS) is 23.3. The van der Waals surface area contributed by atoms with Crippen LogP contribution in [0.15, 0.2) is 35.2 Å². The van der Waals surface area contributed by atoms with Crippen LogP contribution in [0.5, 0.6) is 0 Å². The average Bonchev–Trinajstić information content (AvgIpc) is 2.57. The molecule has 0 aromatic carbocycles. The Labute approximate surface area is 155 Å². The van der Waals surface area contributed by atoms with Crippen molar-refractivity contribution in [2.75, 3.05) is 5.32 Å². The number of amides is 1. The molecule has 2 heterocycles. The first-order valence-electron chi connectivity index (χ1n) is 8.51. The van der Waals surface area contributed by atoms with Crippen molar-refractivity contribution in [1.82, 2.24) is 9.97 Å². The maximum Gasteiger partial charge on any atom is 0.274 e. The van der Waals surface area contributed by atoms with Crippen molar-refractivity contribution in [2.24, 2.45) is 11.8 Å². The van der Waals surface area contributed by atoms with Crippen molar-refractivity contribution in [3.63, 3.8) is 0 Å². The Balaban J connectivity index is 1.83. The molecule has 1 saturated carbocycles. The predicted molar refractivity (Wildman–Crippen MR) is 99.0 cm³/mol. The molecular formula is C19H21BrFN3O. The molecule has 6 heteroatoms. The highest BCUT2D eigenvalue weighted by molar-refractivity contribution is 9.10. The standard InChI is InChI=1S/C19H21BrFN3O/c1-11-7-12(2)9-13(8-11)14-5-6-22-10-17(14)24-19(25)16-4-3-15(21)18(20)23-16/h3-6,10-13H,7-9H2,1-2H3,(H,24,25)/t11-,12?,13?/m1/s1. The van der Waals surface area contributed by atoms with Gasteiger partial charge < -0.3 is 5.32 Å². The summed E-state index contributed by atoms with van der Waals surface area (Å²) in [6, 6.07) is 4.58. The van der Waals surface area contributed by atoms with Crippen molar-refractivity contribution in [3.05, 3.63) is 52.3 Å². The van der Waals surface area contributed by atoms with Gasteiger partial charge in [-0.1, -0.05) is 13.8 Å². The quantitative estimate of drug-likeness (QED) is 0.716. The number of pyridine rings is 2. The molecule has 25 heavy (non-hydrogen) atoms. The summed E-state index contributed by atoms with van der Waals surface area (Å²) in [6.07, 6.45) is 6.91. The highest BCUT2D eigenvalue weighted by atomic mass is 79.9. The number of carbonyl (C=O) groups excluding carboxylic acids is 1. The molecule has 1 amide bonds. The first-order chi connectivity index (χ1) is 11.9. The Hall–Kier alpha value is -1.82. The number of carbonyl (C=O) groups is 1. The smallest absolute Gasteiger partial charge is 0.274 e. The van der Waals surface area contributed by atoms with Gasteiger partial charge >= 0.3 is 0 Å². The molecule has 1 N–H and O–H groups in total. The molecule has 0 spiro atoms. The summed E-state index contributed by atoms with van der Waals surface area (Å²) < 4.78 is 13.3. The molecule has 0 aliphatic heterocycles. The molecule has 132 valence electrons. The largest absolute Gasteiger partial charge is 0.319 e. The minimum atomic E-state index is -0.496. The topological polar surface area (TPSA) is 54.9 Å². The molecule has 3 rings (SSSR count). The summed E-state index contributed by atoms with van der Waals surface area (Å²) in [5.41, 5.74) is 1.98. The van der Waals surface area contributed by atoms with E-state index in [4.69, 9.17) is 0 Å². The first kappa shape index (κ1) is 18.0. The van der Waals surface area contributed by atoms with Crippen molar-refractivity contribution in [3.8, 4) is 0 Å². The maximum atomic E-state index is 13.3. The molecule has 0 bridgehead atoms. The SMILES string of the molecule is CC1CC(c2ccncc2NC(=O)c2ccc(F)c(Br)n2)C[C@H](C)C1. The molecule has 1 aliphatic rings. The van der Waals surface area contributed by atoms with Gasteiger partial charge in [0.2, 0.25) is 0 Å². The zero-order valence-electron chi connectivity index (χ0n) is 14.3. The number of halogens is 2. The van der Waals surface area contributed by atoms with Crippen LogP contribution in [0.3, 0.4) is 0 Å². The van der Waals surface area contributed by atoms with Crippen LogP contribution in [-0.2, 0) is 0 Å². The van der Waals surface area contributed by atoms with Gasteiger partial charge in [-0.15, -0.1) is 0 Å². The molecule has 0 saturated heterocycles. The fourth-order valence-electron chi connectivity index (χ4n) is 3.80. The zero-order valence-corrected chi connectivity index (χ0v) is 15.9. The third-order valence-corrected chi connectivity index (χ3v) is 5.31. The lowest BCUT2D eigenvalue weighted by Crippen LogP contribution is -2.21. The minimum Gasteiger partial charge on any atom is -0.319 e. The van der Waals surface area contributed by atoms with E-state index in [1.165, 1.54) is 18.6 Å². The average molecular weight is 406 g/mol. The van der Waals surface area contributed by atoms with E-state index in [0.29, 0.717) is 23.4 Å². The van der Waals surface area contributed by atoms with Gasteiger partial charge in [0.15, 0.2) is 5.82 Å². The van der Waals surface area contributed by atoms with Crippen LogP contribution in [-0.4, -0.2) is 15.9 Å². The van der Waals surface area contributed by atoms with Gasteiger partial charge in [0.25, 0.3) is 5.91 Å². The van der Waals surface area contributed by atoms with Gasteiger partial charge in [0, 0.05) is 6.20 Å². The summed E-state index contributed by atoms with van der Waals surface area (Å²) in [4.78, 5) is 20.6. The van der Waals surface area contributed by atoms with E-state index in [0.717, 1.165) is 18.4 Å². The van der Waals surface area contributed by atoms with E-state index < -0.39 is 5.82 Å². The van der Waals surface area contributed by atoms with Crippen molar-refractivity contribution in [2.45, 2.75) is 39.0 Å². The third-order valence-electron chi connectivity index (χ3n) is 4.76. The monoisotopic (exact) mass is 405 g/mol. The fraction of sp³-hybridized carbons (Fsp3) is 0.421. The summed E-state index contributed by atoms with van der Waals surface area (Å²) in [5.74, 6) is 0.876. The molecule has 3 atom stereocenters. The van der Waals surface area contributed by atoms with Gasteiger partial charge in [-0.3, -0.25) is 9.78 Å². The van der Waals surface area contributed by atoms with Gasteiger partial charge in [0.1, 0.15) is 10.3 Å². The Morgan fingerprint density at radius 3 is 2.60 bits per heavy atom. The molecule has 1 aliphatic carbocycles. The number of nitrogens with one attached hydrogen (secondary N) is 1. The Kier molecular flexibility index (Phi) is 5.47. The number of hydrogen-bond acceptors (Lipinski definition) is 3. The summed E-state index contributed by atoms with van der Waals surface area (Å²) >= 11 is 3.01. The molecular weight excluding hydrogens is 385 g/mol. The van der Waals surface area contributed by atoms with Crippen LogP contribution in [0.25, 0.3) is 0 Å². The summed E-state index contributed by atoms with van der Waals surface area (Å²) in [5, 5.41) is 2.89. The van der Waals surface area contributed by atoms with Crippen LogP contribution in [0, 0.1) is 17.7 Å². The predicted octanol–water partition coefficient (Wildman–Crippen LogP) is 5.17. The highest BCUT2D eigenvalue weighted by Crippen LogP contribution is 2.41. The summed E-state index contributed by atoms with van der Waals surface area (Å²) in [7, 11) is 0. The number of aromatic nitrogens is 2. The van der Waals surface area contributed by atoms with Crippen LogP contribution < -0.4 is 5.32 Å². The second kappa shape index (κ2) is 7.60. The molecule has 2 aromatic rings. The van der Waals surface area contributed by atoms with E-state index in [1.54, 1.807) is 12.4 Å². The van der Waals surface area contributed by atoms with Crippen molar-refractivity contribution in [1.29, 1.82) is 0 Å². The molecule has 1 fully saturated rings. The highest BCUT2D eigenvalue weighted by Gasteiger charge is 2.27. The Bertz CT molecular complexity index is 773. The lowest BCUT2D eigenvalue weighted by molar-refractivity contribution is 0.102. The van der Waals surface area contributed by atoms with E-state index in [1.807, 2.05) is 6.07 Å². The van der Waals surface area contributed by atoms with Gasteiger partial charge in [-0.2, -0.15) is 0 Å². The van der Waals surface area contributed by atoms with Gasteiger partial charge in [-0.25, -0.2) is 9.37 Å². The lowest BCUT2D eigenvalue weighted by Gasteiger charge is -2.32. The third kappa shape index (κ3) is 4.24. The number of rotatable bonds is 3. The second-order valence-electron chi connectivity index (χ2n) is 7.00. The Morgan fingerprint density at radius 2 is 1.92 bits per heavy atom. The number of anilines is 1. The van der Waals surface area contributed by atoms with Gasteiger partial charge in [-0.05, 0) is 76.7 Å². The van der Waals surface area contributed by atoms with Crippen molar-refractivity contribution < 1.29 is 9.18 Å². The van der Waals surface area contributed by atoms with E-state index in [2.05, 4.69) is 45.1 Å². The van der Waals surface area contributed by atoms with E-state index >= 15 is 0 Å². The Morgan fingerprint density at radius 1 is 1.20 bits per heavy atom. The lowest BCUT2D eigenvalue weighted by atomic mass is 9.74. The fourth-order valence-corrected chi connectivity index (χ4v) is 4.12. The summed E-state index contributed by atoms with van der Waals surface area (Å²) in [6.45, 7) is 4.56. The van der Waals surface area contributed by atoms with Crippen LogP contribution in [0.2, 0.25) is 0 Å². The van der Waals surface area contributed by atoms with Crippen LogP contribution in [0.1, 0.15) is 55.1 Å². The van der Waals surface area contributed by atoms with Crippen molar-refractivity contribution >= 4 is 27.5 Å². The van der Waals surface area contributed by atoms with Crippen LogP contribution in [0.4, 0.5) is 10.1 Å². The zero-order chi connectivity index (χ0) is 18.0. The minimum absolute atomic E-state index is 0.0292. The molecule has 2 aromatic heterocycles. The maximum absolute atomic E-state index is 13.3. The molecule has 2 unspecified atom stereocenters. The van der Waals surface area contributed by atoms with Gasteiger partial charge in [0.05, 0.1) is 11.9 Å². The van der Waals surface area contributed by atoms with E-state index in [-0.39, 0.29) is 16.2 Å². The number of hydrogen-bond donors (Lipinski definition) is 1. The first-order valence-corrected chi connectivity index (χ1v) is 9.30. The number of nitrogens with zero attached hydrogens (tertiary/aromatic N) is 2. The van der Waals surface area contributed by atoms with E-state index in [9.17, 15) is 9.18 Å².